The number of Topliss-reactive ketones (excluding diaryl/α,β-unsaturated/α-hetero) is 1. The van der Waals surface area contributed by atoms with Crippen LogP contribution in [-0.4, -0.2) is 47.3 Å². The van der Waals surface area contributed by atoms with Crippen molar-refractivity contribution in [2.24, 2.45) is 11.8 Å². The molecular weight excluding hydrogens is 332 g/mol. The van der Waals surface area contributed by atoms with Gasteiger partial charge in [-0.2, -0.15) is 0 Å². The molecule has 2 rings (SSSR count). The summed E-state index contributed by atoms with van der Waals surface area (Å²) in [7, 11) is 1.54. The number of rotatable bonds is 6. The minimum absolute atomic E-state index is 0.345. The van der Waals surface area contributed by atoms with E-state index < -0.39 is 54.8 Å². The first kappa shape index (κ1) is 13.9. The Bertz CT molecular complexity index is 873. The van der Waals surface area contributed by atoms with Gasteiger partial charge in [0, 0.05) is 31.4 Å². The van der Waals surface area contributed by atoms with Crippen LogP contribution in [0.15, 0.2) is 24.3 Å². The Kier molecular flexibility index (Phi) is 4.52. The van der Waals surface area contributed by atoms with Crippen LogP contribution in [0, 0.1) is 11.8 Å². The number of fused-ring (bicyclic) bond motifs is 1. The third kappa shape index (κ3) is 4.49. The van der Waals surface area contributed by atoms with Crippen molar-refractivity contribution in [2.75, 3.05) is 13.6 Å². The van der Waals surface area contributed by atoms with Crippen LogP contribution in [-0.2, 0) is 20.8 Å². The van der Waals surface area contributed by atoms with E-state index in [1.54, 1.807) is 24.3 Å². The predicted octanol–water partition coefficient (Wildman–Crippen LogP) is 1.47. The van der Waals surface area contributed by atoms with Crippen molar-refractivity contribution in [3.63, 3.8) is 0 Å². The van der Waals surface area contributed by atoms with Crippen molar-refractivity contribution in [3.8, 4) is 0 Å². The van der Waals surface area contributed by atoms with Crippen molar-refractivity contribution in [2.45, 2.75) is 45.7 Å². The van der Waals surface area contributed by atoms with E-state index in [-0.39, 0.29) is 0 Å². The molecule has 0 radical (unpaired) electrons. The molecule has 1 unspecified atom stereocenters. The van der Waals surface area contributed by atoms with Crippen LogP contribution in [0.5, 0.6) is 0 Å². The van der Waals surface area contributed by atoms with Gasteiger partial charge in [-0.05, 0) is 23.4 Å². The number of ketones is 1. The maximum absolute atomic E-state index is 12.9. The predicted molar refractivity (Wildman–Crippen MR) is 98.3 cm³/mol. The number of carbonyl (C=O) groups is 3. The summed E-state index contributed by atoms with van der Waals surface area (Å²) >= 11 is 0. The fourth-order valence-electron chi connectivity index (χ4n) is 2.79. The van der Waals surface area contributed by atoms with Gasteiger partial charge in [0.15, 0.2) is 5.78 Å². The Labute approximate surface area is 161 Å². The second kappa shape index (κ2) is 8.45. The van der Waals surface area contributed by atoms with Crippen molar-refractivity contribution in [1.29, 1.82) is 0 Å². The third-order valence-corrected chi connectivity index (χ3v) is 4.48. The van der Waals surface area contributed by atoms with E-state index >= 15 is 0 Å². The molecule has 0 aromatic heterocycles. The zero-order valence-electron chi connectivity index (χ0n) is 20.2. The Morgan fingerprint density at radius 1 is 1.46 bits per heavy atom. The highest BCUT2D eigenvalue weighted by atomic mass is 16.3. The number of hydrogen-bond donors (Lipinski definition) is 2. The van der Waals surface area contributed by atoms with E-state index in [1.807, 2.05) is 0 Å². The number of hydrogen-bond acceptors (Lipinski definition) is 4. The number of likely N-dealkylation sites (N-methyl/N-ethyl adjacent to an activating group) is 1. The fourth-order valence-corrected chi connectivity index (χ4v) is 2.79. The summed E-state index contributed by atoms with van der Waals surface area (Å²) < 4.78 is 38.6. The number of nitrogens with zero attached hydrogens (tertiary/aromatic N) is 1. The molecule has 4 atom stereocenters. The van der Waals surface area contributed by atoms with E-state index in [1.165, 1.54) is 18.9 Å². The number of amides is 2. The molecule has 1 aromatic rings. The summed E-state index contributed by atoms with van der Waals surface area (Å²) in [5, 5.41) is 12.5. The van der Waals surface area contributed by atoms with Crippen molar-refractivity contribution >= 4 is 17.6 Å². The monoisotopic (exact) mass is 365 g/mol. The van der Waals surface area contributed by atoms with Crippen LogP contribution in [0.2, 0.25) is 0 Å². The van der Waals surface area contributed by atoms with Crippen LogP contribution >= 0.6 is 0 Å². The first-order valence-electron chi connectivity index (χ1n) is 11.0. The Morgan fingerprint density at radius 2 is 2.15 bits per heavy atom. The summed E-state index contributed by atoms with van der Waals surface area (Å²) in [4.78, 5) is 39.4. The molecule has 6 nitrogen and oxygen atoms in total. The Hall–Kier alpha value is -2.21. The van der Waals surface area contributed by atoms with Gasteiger partial charge in [0.05, 0.1) is 1.37 Å². The second-order valence-electron chi connectivity index (χ2n) is 6.66. The SMILES string of the molecule is [2H]C([2H])([2H])C([2H])(C)[C@H](O)C(=O)C[C@@H](C)C(=O)N[C@]1([2H])C(=O)N(C)CCc2ccccc21. The van der Waals surface area contributed by atoms with Crippen LogP contribution in [0.1, 0.15) is 51.1 Å². The van der Waals surface area contributed by atoms with Gasteiger partial charge in [0.25, 0.3) is 0 Å². The Morgan fingerprint density at radius 3 is 2.85 bits per heavy atom. The van der Waals surface area contributed by atoms with E-state index in [0.29, 0.717) is 18.5 Å². The van der Waals surface area contributed by atoms with Crippen molar-refractivity contribution < 1.29 is 26.3 Å². The molecule has 6 heteroatoms. The molecule has 1 aliphatic rings. The second-order valence-corrected chi connectivity index (χ2v) is 6.66. The number of aliphatic hydroxyl groups excluding tert-OH is 1. The number of nitrogens with one attached hydrogen (secondary N) is 1. The fraction of sp³-hybridized carbons (Fsp3) is 0.550. The maximum Gasteiger partial charge on any atom is 0.249 e. The summed E-state index contributed by atoms with van der Waals surface area (Å²) in [6.07, 6.45) is -2.14. The van der Waals surface area contributed by atoms with Gasteiger partial charge < -0.3 is 15.3 Å². The average Bonchev–Trinajstić information content (AvgIpc) is 2.77. The lowest BCUT2D eigenvalue weighted by molar-refractivity contribution is -0.137. The molecule has 0 saturated carbocycles. The molecule has 2 amide bonds. The quantitative estimate of drug-likeness (QED) is 0.799. The highest BCUT2D eigenvalue weighted by Gasteiger charge is 2.32. The lowest BCUT2D eigenvalue weighted by atomic mass is 9.94. The topological polar surface area (TPSA) is 86.7 Å². The normalized spacial score (nSPS) is 27.9. The van der Waals surface area contributed by atoms with Gasteiger partial charge in [-0.1, -0.05) is 45.0 Å². The lowest BCUT2D eigenvalue weighted by Gasteiger charge is -2.24. The molecule has 0 bridgehead atoms. The van der Waals surface area contributed by atoms with Gasteiger partial charge in [0.2, 0.25) is 11.8 Å². The maximum atomic E-state index is 12.9. The van der Waals surface area contributed by atoms with Gasteiger partial charge in [-0.3, -0.25) is 14.4 Å². The van der Waals surface area contributed by atoms with Gasteiger partial charge >= 0.3 is 0 Å². The van der Waals surface area contributed by atoms with Crippen LogP contribution in [0.4, 0.5) is 0 Å². The molecule has 0 aliphatic carbocycles. The van der Waals surface area contributed by atoms with Crippen LogP contribution < -0.4 is 5.32 Å². The number of benzene rings is 1. The molecule has 1 heterocycles. The zero-order chi connectivity index (χ0) is 23.8. The van der Waals surface area contributed by atoms with E-state index in [4.69, 9.17) is 6.85 Å². The molecule has 0 saturated heterocycles. The summed E-state index contributed by atoms with van der Waals surface area (Å²) in [5.74, 6) is -5.86. The molecule has 0 fully saturated rings. The smallest absolute Gasteiger partial charge is 0.249 e. The summed E-state index contributed by atoms with van der Waals surface area (Å²) in [6.45, 7) is -0.219. The van der Waals surface area contributed by atoms with Gasteiger partial charge in [0.1, 0.15) is 12.1 Å². The first-order valence-corrected chi connectivity index (χ1v) is 8.49. The van der Waals surface area contributed by atoms with E-state index in [0.717, 1.165) is 12.5 Å². The third-order valence-electron chi connectivity index (χ3n) is 4.48. The van der Waals surface area contributed by atoms with Crippen molar-refractivity contribution in [1.82, 2.24) is 10.2 Å². The minimum atomic E-state index is -2.90. The average molecular weight is 365 g/mol. The molecule has 2 N–H and O–H groups in total. The molecular formula is C20H28N2O4. The highest BCUT2D eigenvalue weighted by Crippen LogP contribution is 2.25. The van der Waals surface area contributed by atoms with Crippen molar-refractivity contribution in [3.05, 3.63) is 35.4 Å². The van der Waals surface area contributed by atoms with Gasteiger partial charge in [-0.25, -0.2) is 0 Å². The molecule has 0 spiro atoms. The molecule has 26 heavy (non-hydrogen) atoms. The number of carbonyl (C=O) groups excluding carboxylic acids is 3. The first-order chi connectivity index (χ1) is 14.1. The van der Waals surface area contributed by atoms with Crippen LogP contribution in [0.25, 0.3) is 0 Å². The standard InChI is InChI=1S/C20H28N2O4/c1-12(2)18(24)16(23)11-13(3)19(25)21-17-15-8-6-5-7-14(15)9-10-22(4)20(17)26/h5-8,12-13,17-18,24H,9-11H2,1-4H3,(H,21,25)/t13-,17+,18+/m1/s1/i1D3,12D,17D/t12?,13-,17+,18+. The Balaban J connectivity index is 2.22. The molecule has 142 valence electrons. The largest absolute Gasteiger partial charge is 0.385 e. The van der Waals surface area contributed by atoms with Gasteiger partial charge in [-0.15, -0.1) is 0 Å². The van der Waals surface area contributed by atoms with Crippen LogP contribution in [0.3, 0.4) is 0 Å². The summed E-state index contributed by atoms with van der Waals surface area (Å²) in [5.41, 5.74) is 1.09. The lowest BCUT2D eigenvalue weighted by Crippen LogP contribution is -2.43. The number of aliphatic hydroxyl groups is 1. The summed E-state index contributed by atoms with van der Waals surface area (Å²) in [6, 6.07) is 4.74. The minimum Gasteiger partial charge on any atom is -0.385 e. The molecule has 1 aliphatic heterocycles. The van der Waals surface area contributed by atoms with E-state index in [9.17, 15) is 19.5 Å². The highest BCUT2D eigenvalue weighted by molar-refractivity contribution is 5.92. The van der Waals surface area contributed by atoms with E-state index in [2.05, 4.69) is 5.32 Å². The zero-order valence-corrected chi connectivity index (χ0v) is 15.2. The molecule has 1 aromatic carbocycles.